The zero-order chi connectivity index (χ0) is 9.80. The van der Waals surface area contributed by atoms with Crippen molar-refractivity contribution in [1.29, 1.82) is 0 Å². The van der Waals surface area contributed by atoms with E-state index >= 15 is 0 Å². The smallest absolute Gasteiger partial charge is 0.0372 e. The van der Waals surface area contributed by atoms with Crippen LogP contribution in [0.1, 0.15) is 12.8 Å². The number of hydrogen-bond donors (Lipinski definition) is 2. The van der Waals surface area contributed by atoms with Gasteiger partial charge in [-0.3, -0.25) is 4.90 Å². The molecule has 3 nitrogen and oxygen atoms in total. The zero-order valence-corrected chi connectivity index (χ0v) is 9.56. The molecule has 0 aromatic rings. The SMILES string of the molecule is NCC(C1CCCN1)N1CCSCC1. The normalized spacial score (nSPS) is 31.9. The molecule has 14 heavy (non-hydrogen) atoms. The highest BCUT2D eigenvalue weighted by atomic mass is 32.2. The quantitative estimate of drug-likeness (QED) is 0.701. The number of nitrogens with two attached hydrogens (primary N) is 1. The van der Waals surface area contributed by atoms with Gasteiger partial charge in [0.1, 0.15) is 0 Å². The molecular weight excluding hydrogens is 194 g/mol. The lowest BCUT2D eigenvalue weighted by atomic mass is 10.0. The van der Waals surface area contributed by atoms with Crippen LogP contribution >= 0.6 is 11.8 Å². The molecule has 4 heteroatoms. The second-order valence-corrected chi connectivity index (χ2v) is 5.38. The van der Waals surface area contributed by atoms with E-state index in [9.17, 15) is 0 Å². The highest BCUT2D eigenvalue weighted by Crippen LogP contribution is 2.18. The molecule has 0 aromatic heterocycles. The van der Waals surface area contributed by atoms with Gasteiger partial charge in [0.25, 0.3) is 0 Å². The third-order valence-electron chi connectivity index (χ3n) is 3.32. The molecule has 2 fully saturated rings. The van der Waals surface area contributed by atoms with Gasteiger partial charge in [-0.25, -0.2) is 0 Å². The first-order valence-corrected chi connectivity index (χ1v) is 6.82. The number of rotatable bonds is 3. The fraction of sp³-hybridized carbons (Fsp3) is 1.00. The van der Waals surface area contributed by atoms with E-state index in [4.69, 9.17) is 5.73 Å². The number of nitrogens with one attached hydrogen (secondary N) is 1. The molecule has 82 valence electrons. The molecule has 0 aromatic carbocycles. The number of hydrogen-bond acceptors (Lipinski definition) is 4. The van der Waals surface area contributed by atoms with E-state index in [1.54, 1.807) is 0 Å². The Labute approximate surface area is 90.8 Å². The van der Waals surface area contributed by atoms with Gasteiger partial charge >= 0.3 is 0 Å². The van der Waals surface area contributed by atoms with E-state index in [-0.39, 0.29) is 0 Å². The van der Waals surface area contributed by atoms with Crippen molar-refractivity contribution in [3.05, 3.63) is 0 Å². The molecule has 2 unspecified atom stereocenters. The molecule has 2 saturated heterocycles. The van der Waals surface area contributed by atoms with Crippen LogP contribution < -0.4 is 11.1 Å². The Bertz CT molecular complexity index is 165. The van der Waals surface area contributed by atoms with Crippen LogP contribution in [0.5, 0.6) is 0 Å². The predicted octanol–water partition coefficient (Wildman–Crippen LogP) is 0.115. The van der Waals surface area contributed by atoms with Crippen LogP contribution in [0.2, 0.25) is 0 Å². The van der Waals surface area contributed by atoms with Crippen LogP contribution in [0.3, 0.4) is 0 Å². The Morgan fingerprint density at radius 2 is 2.21 bits per heavy atom. The van der Waals surface area contributed by atoms with Gasteiger partial charge < -0.3 is 11.1 Å². The average molecular weight is 215 g/mol. The van der Waals surface area contributed by atoms with Gasteiger partial charge in [0.15, 0.2) is 0 Å². The maximum absolute atomic E-state index is 5.89. The Morgan fingerprint density at radius 3 is 2.79 bits per heavy atom. The summed E-state index contributed by atoms with van der Waals surface area (Å²) in [5, 5.41) is 3.58. The van der Waals surface area contributed by atoms with Gasteiger partial charge in [0, 0.05) is 43.2 Å². The number of nitrogens with zero attached hydrogens (tertiary/aromatic N) is 1. The van der Waals surface area contributed by atoms with E-state index in [1.807, 2.05) is 0 Å². The summed E-state index contributed by atoms with van der Waals surface area (Å²) in [6, 6.07) is 1.24. The van der Waals surface area contributed by atoms with Crippen LogP contribution in [0.4, 0.5) is 0 Å². The molecule has 0 spiro atoms. The van der Waals surface area contributed by atoms with Crippen molar-refractivity contribution < 1.29 is 0 Å². The van der Waals surface area contributed by atoms with Crippen LogP contribution in [-0.4, -0.2) is 54.7 Å². The third kappa shape index (κ3) is 2.42. The molecule has 0 saturated carbocycles. The summed E-state index contributed by atoms with van der Waals surface area (Å²) in [4.78, 5) is 2.58. The largest absolute Gasteiger partial charge is 0.329 e. The molecular formula is C10H21N3S. The molecule has 2 atom stereocenters. The minimum atomic E-state index is 0.582. The highest BCUT2D eigenvalue weighted by molar-refractivity contribution is 7.99. The van der Waals surface area contributed by atoms with Gasteiger partial charge in [-0.1, -0.05) is 0 Å². The molecule has 2 aliphatic rings. The van der Waals surface area contributed by atoms with E-state index in [0.717, 1.165) is 6.54 Å². The molecule has 0 bridgehead atoms. The Hall–Kier alpha value is 0.230. The molecule has 0 radical (unpaired) electrons. The van der Waals surface area contributed by atoms with Gasteiger partial charge in [0.05, 0.1) is 0 Å². The van der Waals surface area contributed by atoms with Crippen molar-refractivity contribution in [2.75, 3.05) is 37.7 Å². The van der Waals surface area contributed by atoms with E-state index < -0.39 is 0 Å². The van der Waals surface area contributed by atoms with Crippen molar-refractivity contribution in [1.82, 2.24) is 10.2 Å². The minimum Gasteiger partial charge on any atom is -0.329 e. The molecule has 2 aliphatic heterocycles. The maximum Gasteiger partial charge on any atom is 0.0372 e. The topological polar surface area (TPSA) is 41.3 Å². The van der Waals surface area contributed by atoms with E-state index in [1.165, 1.54) is 44.0 Å². The summed E-state index contributed by atoms with van der Waals surface area (Å²) in [6.07, 6.45) is 2.63. The van der Waals surface area contributed by atoms with Gasteiger partial charge in [-0.05, 0) is 19.4 Å². The second-order valence-electron chi connectivity index (χ2n) is 4.15. The first kappa shape index (κ1) is 10.7. The fourth-order valence-corrected chi connectivity index (χ4v) is 3.45. The van der Waals surface area contributed by atoms with E-state index in [0.29, 0.717) is 12.1 Å². The van der Waals surface area contributed by atoms with Crippen molar-refractivity contribution >= 4 is 11.8 Å². The predicted molar refractivity (Wildman–Crippen MR) is 62.8 cm³/mol. The maximum atomic E-state index is 5.89. The molecule has 0 amide bonds. The summed E-state index contributed by atoms with van der Waals surface area (Å²) in [6.45, 7) is 4.45. The monoisotopic (exact) mass is 215 g/mol. The lowest BCUT2D eigenvalue weighted by Crippen LogP contribution is -2.54. The van der Waals surface area contributed by atoms with Crippen LogP contribution in [0.25, 0.3) is 0 Å². The summed E-state index contributed by atoms with van der Waals surface area (Å²) >= 11 is 2.07. The molecule has 2 heterocycles. The summed E-state index contributed by atoms with van der Waals surface area (Å²) in [7, 11) is 0. The lowest BCUT2D eigenvalue weighted by molar-refractivity contribution is 0.184. The first-order chi connectivity index (χ1) is 6.92. The van der Waals surface area contributed by atoms with Crippen molar-refractivity contribution in [3.8, 4) is 0 Å². The van der Waals surface area contributed by atoms with Crippen molar-refractivity contribution in [2.45, 2.75) is 24.9 Å². The minimum absolute atomic E-state index is 0.582. The first-order valence-electron chi connectivity index (χ1n) is 5.67. The lowest BCUT2D eigenvalue weighted by Gasteiger charge is -2.37. The van der Waals surface area contributed by atoms with Crippen LogP contribution in [0, 0.1) is 0 Å². The second kappa shape index (κ2) is 5.35. The Kier molecular flexibility index (Phi) is 4.10. The molecule has 0 aliphatic carbocycles. The zero-order valence-electron chi connectivity index (χ0n) is 8.74. The fourth-order valence-electron chi connectivity index (χ4n) is 2.52. The van der Waals surface area contributed by atoms with E-state index in [2.05, 4.69) is 22.0 Å². The van der Waals surface area contributed by atoms with Gasteiger partial charge in [-0.2, -0.15) is 11.8 Å². The van der Waals surface area contributed by atoms with Crippen LogP contribution in [-0.2, 0) is 0 Å². The Balaban J connectivity index is 1.89. The van der Waals surface area contributed by atoms with Gasteiger partial charge in [0.2, 0.25) is 0 Å². The number of thioether (sulfide) groups is 1. The Morgan fingerprint density at radius 1 is 1.43 bits per heavy atom. The summed E-state index contributed by atoms with van der Waals surface area (Å²) in [5.74, 6) is 2.56. The summed E-state index contributed by atoms with van der Waals surface area (Å²) < 4.78 is 0. The standard InChI is InChI=1S/C10H21N3S/c11-8-10(9-2-1-3-12-9)13-4-6-14-7-5-13/h9-10,12H,1-8,11H2. The van der Waals surface area contributed by atoms with Crippen molar-refractivity contribution in [3.63, 3.8) is 0 Å². The molecule has 2 rings (SSSR count). The highest BCUT2D eigenvalue weighted by Gasteiger charge is 2.29. The third-order valence-corrected chi connectivity index (χ3v) is 4.26. The van der Waals surface area contributed by atoms with Crippen LogP contribution in [0.15, 0.2) is 0 Å². The van der Waals surface area contributed by atoms with Gasteiger partial charge in [-0.15, -0.1) is 0 Å². The van der Waals surface area contributed by atoms with Crippen molar-refractivity contribution in [2.24, 2.45) is 5.73 Å². The molecule has 3 N–H and O–H groups in total. The summed E-state index contributed by atoms with van der Waals surface area (Å²) in [5.41, 5.74) is 5.89. The average Bonchev–Trinajstić information content (AvgIpc) is 2.74.